The van der Waals surface area contributed by atoms with E-state index in [1.807, 2.05) is 24.3 Å². The first-order chi connectivity index (χ1) is 5.86. The molecule has 0 spiro atoms. The second-order valence-corrected chi connectivity index (χ2v) is 2.63. The summed E-state index contributed by atoms with van der Waals surface area (Å²) in [5.74, 6) is 0.485. The first-order valence-corrected chi connectivity index (χ1v) is 4.07. The van der Waals surface area contributed by atoms with E-state index >= 15 is 0 Å². The Morgan fingerprint density at radius 3 is 2.83 bits per heavy atom. The molecule has 0 fully saturated rings. The van der Waals surface area contributed by atoms with E-state index in [-0.39, 0.29) is 0 Å². The summed E-state index contributed by atoms with van der Waals surface area (Å²) in [7, 11) is 0. The van der Waals surface area contributed by atoms with Crippen molar-refractivity contribution in [3.05, 3.63) is 35.4 Å². The average Bonchev–Trinajstić information content (AvgIpc) is 2.15. The Bertz CT molecular complexity index is 305. The third-order valence-electron chi connectivity index (χ3n) is 1.47. The average molecular weight is 182 g/mol. The zero-order valence-electron chi connectivity index (χ0n) is 6.46. The lowest BCUT2D eigenvalue weighted by Gasteiger charge is -1.97. The molecule has 1 rings (SSSR count). The van der Waals surface area contributed by atoms with Gasteiger partial charge in [0.15, 0.2) is 0 Å². The minimum atomic E-state index is 0.383. The Morgan fingerprint density at radius 2 is 2.17 bits per heavy atom. The molecule has 0 aliphatic heterocycles. The zero-order valence-corrected chi connectivity index (χ0v) is 7.21. The van der Waals surface area contributed by atoms with Gasteiger partial charge in [-0.1, -0.05) is 24.3 Å². The lowest BCUT2D eigenvalue weighted by molar-refractivity contribution is 0.563. The first-order valence-electron chi connectivity index (χ1n) is 3.54. The first kappa shape index (κ1) is 8.98. The van der Waals surface area contributed by atoms with Crippen LogP contribution in [0.25, 0.3) is 0 Å². The smallest absolute Gasteiger partial charge is 0.211 e. The van der Waals surface area contributed by atoms with Crippen LogP contribution in [0.4, 0.5) is 0 Å². The molecule has 0 aromatic heterocycles. The molecule has 1 aromatic rings. The third-order valence-corrected chi connectivity index (χ3v) is 1.78. The molecule has 0 unspecified atom stereocenters. The van der Waals surface area contributed by atoms with Crippen LogP contribution >= 0.6 is 11.6 Å². The molecule has 0 aliphatic carbocycles. The number of hydrogen-bond donors (Lipinski definition) is 0. The molecule has 0 bridgehead atoms. The van der Waals surface area contributed by atoms with Crippen LogP contribution in [0, 0.1) is 0 Å². The number of halogens is 1. The van der Waals surface area contributed by atoms with Gasteiger partial charge in [-0.15, -0.1) is 11.6 Å². The van der Waals surface area contributed by atoms with E-state index in [1.54, 1.807) is 0 Å². The standard InChI is InChI=1S/C9H8ClNO/c10-5-8-2-1-3-9(4-8)6-11-7-12/h1-4H,5-6H2. The van der Waals surface area contributed by atoms with E-state index in [2.05, 4.69) is 4.99 Å². The molecular formula is C9H8ClNO. The molecule has 0 aliphatic rings. The number of hydrogen-bond acceptors (Lipinski definition) is 2. The van der Waals surface area contributed by atoms with Crippen LogP contribution < -0.4 is 0 Å². The Balaban J connectivity index is 2.78. The van der Waals surface area contributed by atoms with Gasteiger partial charge in [-0.2, -0.15) is 0 Å². The molecule has 0 atom stereocenters. The summed E-state index contributed by atoms with van der Waals surface area (Å²) in [5, 5.41) is 0. The molecule has 0 saturated heterocycles. The summed E-state index contributed by atoms with van der Waals surface area (Å²) in [6, 6.07) is 7.65. The van der Waals surface area contributed by atoms with Crippen molar-refractivity contribution in [1.29, 1.82) is 0 Å². The quantitative estimate of drug-likeness (QED) is 0.400. The fourth-order valence-corrected chi connectivity index (χ4v) is 1.10. The zero-order chi connectivity index (χ0) is 8.81. The molecule has 12 heavy (non-hydrogen) atoms. The van der Waals surface area contributed by atoms with E-state index in [1.165, 1.54) is 6.08 Å². The summed E-state index contributed by atoms with van der Waals surface area (Å²) in [6.45, 7) is 0.383. The van der Waals surface area contributed by atoms with Crippen LogP contribution in [0.1, 0.15) is 11.1 Å². The maximum absolute atomic E-state index is 9.81. The summed E-state index contributed by atoms with van der Waals surface area (Å²) in [5.41, 5.74) is 2.02. The summed E-state index contributed by atoms with van der Waals surface area (Å²) in [6.07, 6.45) is 1.50. The van der Waals surface area contributed by atoms with E-state index in [0.717, 1.165) is 11.1 Å². The van der Waals surface area contributed by atoms with E-state index in [9.17, 15) is 4.79 Å². The number of carbonyl (C=O) groups excluding carboxylic acids is 1. The minimum absolute atomic E-state index is 0.383. The second kappa shape index (κ2) is 4.70. The minimum Gasteiger partial charge on any atom is -0.211 e. The number of benzene rings is 1. The van der Waals surface area contributed by atoms with Crippen molar-refractivity contribution >= 4 is 17.7 Å². The van der Waals surface area contributed by atoms with Crippen molar-refractivity contribution in [2.24, 2.45) is 4.99 Å². The fraction of sp³-hybridized carbons (Fsp3) is 0.222. The fourth-order valence-electron chi connectivity index (χ4n) is 0.935. The Labute approximate surface area is 75.9 Å². The van der Waals surface area contributed by atoms with Crippen LogP contribution in [0.3, 0.4) is 0 Å². The van der Waals surface area contributed by atoms with Gasteiger partial charge in [0, 0.05) is 5.88 Å². The SMILES string of the molecule is O=C=NCc1cccc(CCl)c1. The Hall–Kier alpha value is -1.11. The van der Waals surface area contributed by atoms with Crippen LogP contribution in [0.5, 0.6) is 0 Å². The Morgan fingerprint density at radius 1 is 1.42 bits per heavy atom. The number of nitrogens with zero attached hydrogens (tertiary/aromatic N) is 1. The van der Waals surface area contributed by atoms with Crippen molar-refractivity contribution in [1.82, 2.24) is 0 Å². The number of alkyl halides is 1. The molecule has 0 amide bonds. The number of isocyanates is 1. The topological polar surface area (TPSA) is 29.4 Å². The van der Waals surface area contributed by atoms with Crippen LogP contribution in [-0.4, -0.2) is 6.08 Å². The van der Waals surface area contributed by atoms with Crippen LogP contribution in [0.2, 0.25) is 0 Å². The summed E-state index contributed by atoms with van der Waals surface area (Å²) in [4.78, 5) is 13.3. The highest BCUT2D eigenvalue weighted by Gasteiger charge is 1.92. The van der Waals surface area contributed by atoms with Gasteiger partial charge in [-0.3, -0.25) is 0 Å². The van der Waals surface area contributed by atoms with Gasteiger partial charge >= 0.3 is 0 Å². The third kappa shape index (κ3) is 2.50. The van der Waals surface area contributed by atoms with Crippen molar-refractivity contribution < 1.29 is 4.79 Å². The van der Waals surface area contributed by atoms with Crippen molar-refractivity contribution in [3.63, 3.8) is 0 Å². The van der Waals surface area contributed by atoms with Crippen molar-refractivity contribution in [2.75, 3.05) is 0 Å². The van der Waals surface area contributed by atoms with Gasteiger partial charge in [0.25, 0.3) is 0 Å². The Kier molecular flexibility index (Phi) is 3.52. The highest BCUT2D eigenvalue weighted by atomic mass is 35.5. The molecule has 0 saturated carbocycles. The molecule has 0 heterocycles. The molecule has 0 radical (unpaired) electrons. The highest BCUT2D eigenvalue weighted by Crippen LogP contribution is 2.08. The lowest BCUT2D eigenvalue weighted by Crippen LogP contribution is -1.83. The maximum atomic E-state index is 9.81. The molecule has 2 nitrogen and oxygen atoms in total. The van der Waals surface area contributed by atoms with Crippen LogP contribution in [-0.2, 0) is 17.2 Å². The summed E-state index contributed by atoms with van der Waals surface area (Å²) < 4.78 is 0. The monoisotopic (exact) mass is 181 g/mol. The lowest BCUT2D eigenvalue weighted by atomic mass is 10.1. The number of aliphatic imine (C=N–C) groups is 1. The van der Waals surface area contributed by atoms with Crippen molar-refractivity contribution in [3.8, 4) is 0 Å². The van der Waals surface area contributed by atoms with Gasteiger partial charge in [0.05, 0.1) is 6.54 Å². The molecular weight excluding hydrogens is 174 g/mol. The van der Waals surface area contributed by atoms with Gasteiger partial charge in [0.1, 0.15) is 0 Å². The maximum Gasteiger partial charge on any atom is 0.235 e. The predicted octanol–water partition coefficient (Wildman–Crippen LogP) is 2.26. The highest BCUT2D eigenvalue weighted by molar-refractivity contribution is 6.17. The van der Waals surface area contributed by atoms with E-state index < -0.39 is 0 Å². The molecule has 3 heteroatoms. The molecule has 1 aromatic carbocycles. The van der Waals surface area contributed by atoms with E-state index in [0.29, 0.717) is 12.4 Å². The molecule has 62 valence electrons. The van der Waals surface area contributed by atoms with E-state index in [4.69, 9.17) is 11.6 Å². The van der Waals surface area contributed by atoms with Gasteiger partial charge in [0.2, 0.25) is 6.08 Å². The van der Waals surface area contributed by atoms with Gasteiger partial charge in [-0.25, -0.2) is 9.79 Å². The second-order valence-electron chi connectivity index (χ2n) is 2.36. The largest absolute Gasteiger partial charge is 0.235 e. The van der Waals surface area contributed by atoms with Crippen LogP contribution in [0.15, 0.2) is 29.3 Å². The normalized spacial score (nSPS) is 9.08. The predicted molar refractivity (Wildman–Crippen MR) is 47.8 cm³/mol. The van der Waals surface area contributed by atoms with Gasteiger partial charge in [-0.05, 0) is 11.1 Å². The number of rotatable bonds is 3. The van der Waals surface area contributed by atoms with Crippen molar-refractivity contribution in [2.45, 2.75) is 12.4 Å². The van der Waals surface area contributed by atoms with Gasteiger partial charge < -0.3 is 0 Å². The molecule has 0 N–H and O–H groups in total. The summed E-state index contributed by atoms with van der Waals surface area (Å²) >= 11 is 5.62.